The number of para-hydroxylation sites is 2. The fourth-order valence-electron chi connectivity index (χ4n) is 5.01. The highest BCUT2D eigenvalue weighted by molar-refractivity contribution is 5.87. The molecule has 1 amide bonds. The number of benzene rings is 1. The lowest BCUT2D eigenvalue weighted by molar-refractivity contribution is -0.135. The van der Waals surface area contributed by atoms with Crippen LogP contribution >= 0.6 is 0 Å². The molecule has 4 rings (SSSR count). The maximum atomic E-state index is 13.3. The Bertz CT molecular complexity index is 1120. The fraction of sp³-hybridized carbons (Fsp3) is 0.500. The van der Waals surface area contributed by atoms with Crippen LogP contribution in [-0.2, 0) is 11.3 Å². The Morgan fingerprint density at radius 3 is 2.74 bits per heavy atom. The predicted molar refractivity (Wildman–Crippen MR) is 123 cm³/mol. The van der Waals surface area contributed by atoms with Crippen LogP contribution in [0.1, 0.15) is 69.2 Å². The molecule has 0 unspecified atom stereocenters. The van der Waals surface area contributed by atoms with E-state index in [0.717, 1.165) is 53.2 Å². The van der Waals surface area contributed by atoms with Gasteiger partial charge in [-0.05, 0) is 51.2 Å². The van der Waals surface area contributed by atoms with E-state index in [4.69, 9.17) is 4.98 Å². The summed E-state index contributed by atoms with van der Waals surface area (Å²) in [5, 5.41) is 8.80. The second-order valence-electron chi connectivity index (χ2n) is 9.38. The molecule has 1 saturated carbocycles. The van der Waals surface area contributed by atoms with E-state index in [1.165, 1.54) is 0 Å². The molecule has 0 spiro atoms. The summed E-state index contributed by atoms with van der Waals surface area (Å²) >= 11 is 0. The van der Waals surface area contributed by atoms with Gasteiger partial charge in [0.2, 0.25) is 5.91 Å². The zero-order valence-corrected chi connectivity index (χ0v) is 19.3. The first-order valence-electron chi connectivity index (χ1n) is 11.0. The van der Waals surface area contributed by atoms with Crippen LogP contribution in [0.25, 0.3) is 11.0 Å². The molecule has 7 nitrogen and oxygen atoms in total. The van der Waals surface area contributed by atoms with Crippen LogP contribution in [-0.4, -0.2) is 31.9 Å². The molecule has 2 N–H and O–H groups in total. The summed E-state index contributed by atoms with van der Waals surface area (Å²) in [6.45, 7) is 13.2. The number of aromatic amines is 1. The lowest BCUT2D eigenvalue weighted by atomic mass is 9.65. The number of H-pyrrole nitrogens is 1. The van der Waals surface area contributed by atoms with Crippen molar-refractivity contribution in [3.8, 4) is 0 Å². The number of hydrazone groups is 1. The monoisotopic (exact) mass is 420 g/mol. The molecular weight excluding hydrogens is 388 g/mol. The minimum Gasteiger partial charge on any atom is -0.342 e. The molecule has 1 aliphatic carbocycles. The Hall–Kier alpha value is -2.96. The Morgan fingerprint density at radius 1 is 1.32 bits per heavy atom. The first-order chi connectivity index (χ1) is 14.7. The van der Waals surface area contributed by atoms with Gasteiger partial charge in [-0.25, -0.2) is 10.4 Å². The quantitative estimate of drug-likeness (QED) is 0.472. The molecule has 7 heteroatoms. The van der Waals surface area contributed by atoms with Gasteiger partial charge in [-0.15, -0.1) is 0 Å². The van der Waals surface area contributed by atoms with Crippen molar-refractivity contribution in [3.63, 3.8) is 0 Å². The number of aryl methyl sites for hydroxylation is 2. The van der Waals surface area contributed by atoms with Crippen molar-refractivity contribution in [3.05, 3.63) is 47.0 Å². The van der Waals surface area contributed by atoms with Gasteiger partial charge in [0.05, 0.1) is 28.4 Å². The van der Waals surface area contributed by atoms with Crippen molar-refractivity contribution in [2.45, 2.75) is 66.8 Å². The summed E-state index contributed by atoms with van der Waals surface area (Å²) in [5.41, 5.74) is 6.91. The molecule has 164 valence electrons. The molecule has 1 aliphatic rings. The van der Waals surface area contributed by atoms with Gasteiger partial charge < -0.3 is 4.98 Å². The van der Waals surface area contributed by atoms with E-state index in [0.29, 0.717) is 0 Å². The third-order valence-electron chi connectivity index (χ3n) is 7.56. The summed E-state index contributed by atoms with van der Waals surface area (Å²) in [4.78, 5) is 21.6. The van der Waals surface area contributed by atoms with Gasteiger partial charge in [0, 0.05) is 23.7 Å². The molecule has 1 fully saturated rings. The average molecular weight is 421 g/mol. The Balaban J connectivity index is 1.53. The maximum absolute atomic E-state index is 13.3. The number of hydrogen-bond donors (Lipinski definition) is 2. The van der Waals surface area contributed by atoms with Gasteiger partial charge in [-0.3, -0.25) is 9.48 Å². The van der Waals surface area contributed by atoms with E-state index in [1.54, 1.807) is 6.21 Å². The highest BCUT2D eigenvalue weighted by Crippen LogP contribution is 2.59. The van der Waals surface area contributed by atoms with Crippen molar-refractivity contribution in [1.29, 1.82) is 0 Å². The normalized spacial score (nSPS) is 23.1. The second-order valence-corrected chi connectivity index (χ2v) is 9.38. The first kappa shape index (κ1) is 21.3. The summed E-state index contributed by atoms with van der Waals surface area (Å²) in [5.74, 6) is 1.09. The van der Waals surface area contributed by atoms with Crippen molar-refractivity contribution in [2.24, 2.45) is 15.9 Å². The fourth-order valence-corrected chi connectivity index (χ4v) is 5.01. The van der Waals surface area contributed by atoms with Crippen LogP contribution in [0.3, 0.4) is 0 Å². The van der Waals surface area contributed by atoms with Crippen LogP contribution in [0.4, 0.5) is 0 Å². The number of aromatic nitrogens is 4. The van der Waals surface area contributed by atoms with Crippen molar-refractivity contribution >= 4 is 23.2 Å². The Morgan fingerprint density at radius 2 is 2.06 bits per heavy atom. The van der Waals surface area contributed by atoms with Crippen LogP contribution < -0.4 is 5.43 Å². The molecule has 2 atom stereocenters. The molecule has 2 heterocycles. The summed E-state index contributed by atoms with van der Waals surface area (Å²) in [7, 11) is 0. The molecular formula is C24H32N6O. The summed E-state index contributed by atoms with van der Waals surface area (Å²) < 4.78 is 1.94. The van der Waals surface area contributed by atoms with Crippen LogP contribution in [0.15, 0.2) is 29.4 Å². The third-order valence-corrected chi connectivity index (χ3v) is 7.56. The van der Waals surface area contributed by atoms with Crippen LogP contribution in [0, 0.1) is 24.7 Å². The molecule has 3 aromatic rings. The Labute approximate surface area is 183 Å². The molecule has 1 aromatic carbocycles. The zero-order chi connectivity index (χ0) is 22.4. The van der Waals surface area contributed by atoms with Crippen molar-refractivity contribution < 1.29 is 4.79 Å². The Kier molecular flexibility index (Phi) is 5.23. The van der Waals surface area contributed by atoms with E-state index in [1.807, 2.05) is 49.7 Å². The molecule has 0 aliphatic heterocycles. The third kappa shape index (κ3) is 3.36. The van der Waals surface area contributed by atoms with E-state index in [2.05, 4.69) is 41.4 Å². The lowest BCUT2D eigenvalue weighted by Crippen LogP contribution is -2.45. The van der Waals surface area contributed by atoms with Gasteiger partial charge in [0.15, 0.2) is 0 Å². The predicted octanol–water partition coefficient (Wildman–Crippen LogP) is 4.46. The average Bonchev–Trinajstić information content (AvgIpc) is 3.35. The van der Waals surface area contributed by atoms with Crippen LogP contribution in [0.5, 0.6) is 0 Å². The molecule has 0 saturated heterocycles. The largest absolute Gasteiger partial charge is 0.342 e. The summed E-state index contributed by atoms with van der Waals surface area (Å²) in [6, 6.07) is 8.06. The number of amides is 1. The number of fused-ring (bicyclic) bond motifs is 1. The number of carbonyl (C=O) groups is 1. The maximum Gasteiger partial charge on any atom is 0.246 e. The highest BCUT2D eigenvalue weighted by Gasteiger charge is 2.57. The number of hydrogen-bond acceptors (Lipinski definition) is 4. The van der Waals surface area contributed by atoms with Gasteiger partial charge in [0.25, 0.3) is 0 Å². The topological polar surface area (TPSA) is 88.0 Å². The van der Waals surface area contributed by atoms with Gasteiger partial charge in [0.1, 0.15) is 5.82 Å². The molecule has 31 heavy (non-hydrogen) atoms. The summed E-state index contributed by atoms with van der Waals surface area (Å²) in [6.07, 6.45) is 3.40. The van der Waals surface area contributed by atoms with E-state index < -0.39 is 5.41 Å². The highest BCUT2D eigenvalue weighted by atomic mass is 16.2. The standard InChI is InChI=1S/C24H32N6O/c1-7-30-16(3)17(15(2)29-30)14-25-28-22(31)24(6)13-12-18(23(24,4)5)21-26-19-10-8-9-11-20(19)27-21/h8-11,14,18H,7,12-13H2,1-6H3,(H,26,27)(H,28,31)/b25-14-/t18-,24-/m0/s1. The van der Waals surface area contributed by atoms with E-state index >= 15 is 0 Å². The van der Waals surface area contributed by atoms with Crippen molar-refractivity contribution in [1.82, 2.24) is 25.2 Å². The number of nitrogens with one attached hydrogen (secondary N) is 2. The first-order valence-corrected chi connectivity index (χ1v) is 11.0. The number of rotatable bonds is 5. The number of imidazole rings is 1. The van der Waals surface area contributed by atoms with E-state index in [9.17, 15) is 4.79 Å². The minimum atomic E-state index is -0.550. The number of carbonyl (C=O) groups excluding carboxylic acids is 1. The van der Waals surface area contributed by atoms with E-state index in [-0.39, 0.29) is 17.2 Å². The number of nitrogens with zero attached hydrogens (tertiary/aromatic N) is 4. The molecule has 0 radical (unpaired) electrons. The molecule has 0 bridgehead atoms. The lowest BCUT2D eigenvalue weighted by Gasteiger charge is -2.39. The van der Waals surface area contributed by atoms with Gasteiger partial charge in [-0.1, -0.05) is 32.9 Å². The second kappa shape index (κ2) is 7.62. The van der Waals surface area contributed by atoms with Gasteiger partial charge >= 0.3 is 0 Å². The van der Waals surface area contributed by atoms with Crippen molar-refractivity contribution in [2.75, 3.05) is 0 Å². The van der Waals surface area contributed by atoms with Gasteiger partial charge in [-0.2, -0.15) is 10.2 Å². The molecule has 2 aromatic heterocycles. The smallest absolute Gasteiger partial charge is 0.246 e. The zero-order valence-electron chi connectivity index (χ0n) is 19.3. The SMILES string of the molecule is CCn1nc(C)c(/C=N\NC(=O)[C@]2(C)CC[C@@H](c3nc4ccccc4[nH]3)C2(C)C)c1C. The van der Waals surface area contributed by atoms with Crippen LogP contribution in [0.2, 0.25) is 0 Å². The minimum absolute atomic E-state index is 0.0504.